The molecular formula is H4CrNa2O8Si. The fraction of sp³-hybridized carbons (Fsp3) is 0. The molecule has 0 rings (SSSR count). The summed E-state index contributed by atoms with van der Waals surface area (Å²) in [6.45, 7) is 0. The summed E-state index contributed by atoms with van der Waals surface area (Å²) >= 11 is -5.75. The summed E-state index contributed by atoms with van der Waals surface area (Å²) < 4.78 is 34.4. The van der Waals surface area contributed by atoms with Gasteiger partial charge < -0.3 is 19.2 Å². The first-order valence-electron chi connectivity index (χ1n) is 1.56. The Labute approximate surface area is 115 Å². The van der Waals surface area contributed by atoms with Gasteiger partial charge in [0.05, 0.1) is 0 Å². The average Bonchev–Trinajstić information content (AvgIpc) is 1.12. The second-order valence-electron chi connectivity index (χ2n) is 1.01. The van der Waals surface area contributed by atoms with E-state index in [4.69, 9.17) is 35.1 Å². The summed E-state index contributed by atoms with van der Waals surface area (Å²) in [5.41, 5.74) is 0. The Balaban J connectivity index is -0.0000000457. The topological polar surface area (TPSA) is 161 Å². The van der Waals surface area contributed by atoms with Gasteiger partial charge in [0, 0.05) is 0 Å². The Hall–Kier alpha value is 2.11. The maximum absolute atomic E-state index is 8.59. The zero-order chi connectivity index (χ0) is 9.00. The Kier molecular flexibility index (Phi) is 19.1. The first-order chi connectivity index (χ1) is 4.00. The minimum atomic E-state index is -5.75. The van der Waals surface area contributed by atoms with Gasteiger partial charge in [-0.2, -0.15) is 0 Å². The molecule has 0 heterocycles. The fourth-order valence-electron chi connectivity index (χ4n) is 0. The van der Waals surface area contributed by atoms with Crippen LogP contribution >= 0.6 is 0 Å². The fourth-order valence-corrected chi connectivity index (χ4v) is 0. The van der Waals surface area contributed by atoms with Crippen molar-refractivity contribution in [2.24, 2.45) is 0 Å². The first-order valence-corrected chi connectivity index (χ1v) is 5.43. The number of hydrogen-bond donors (Lipinski definition) is 4. The maximum atomic E-state index is 8.59. The van der Waals surface area contributed by atoms with Crippen molar-refractivity contribution in [1.82, 2.24) is 0 Å². The molecule has 64 valence electrons. The SMILES string of the molecule is O[Si](O)(O)O.[Na+].[Na+].[O]=[Cr](=[O])([O-])[O-]. The Morgan fingerprint density at radius 1 is 0.917 bits per heavy atom. The standard InChI is InChI=1S/Cr.2Na.H4O4Si.4O/c;;;1-5(2,3)4;;;;/h;;;1-4H;;;;/q;2*+1;;;;2*-1. The van der Waals surface area contributed by atoms with E-state index in [1.807, 2.05) is 0 Å². The summed E-state index contributed by atoms with van der Waals surface area (Å²) in [6.07, 6.45) is 0. The van der Waals surface area contributed by atoms with E-state index in [1.165, 1.54) is 0 Å². The Morgan fingerprint density at radius 3 is 0.917 bits per heavy atom. The molecule has 12 heteroatoms. The molecule has 0 unspecified atom stereocenters. The van der Waals surface area contributed by atoms with Crippen LogP contribution in [0, 0.1) is 0 Å². The predicted octanol–water partition coefficient (Wildman–Crippen LogP) is -11.2. The van der Waals surface area contributed by atoms with Gasteiger partial charge in [-0.05, 0) is 0 Å². The van der Waals surface area contributed by atoms with Crippen molar-refractivity contribution in [2.45, 2.75) is 0 Å². The van der Waals surface area contributed by atoms with Crippen LogP contribution < -0.4 is 67.4 Å². The van der Waals surface area contributed by atoms with E-state index in [2.05, 4.69) is 0 Å². The van der Waals surface area contributed by atoms with Crippen LogP contribution in [0.3, 0.4) is 0 Å². The summed E-state index contributed by atoms with van der Waals surface area (Å²) in [7, 11) is -4.61. The van der Waals surface area contributed by atoms with Crippen molar-refractivity contribution in [1.29, 1.82) is 0 Å². The van der Waals surface area contributed by atoms with Crippen LogP contribution in [0.4, 0.5) is 0 Å². The summed E-state index contributed by atoms with van der Waals surface area (Å²) in [5.74, 6) is 0. The van der Waals surface area contributed by atoms with E-state index in [-0.39, 0.29) is 59.1 Å². The minimum absolute atomic E-state index is 0. The molecular weight excluding hydrogens is 254 g/mol. The monoisotopic (exact) mass is 258 g/mol. The van der Waals surface area contributed by atoms with E-state index in [9.17, 15) is 0 Å². The summed E-state index contributed by atoms with van der Waals surface area (Å²) in [4.78, 5) is 29.3. The molecule has 0 radical (unpaired) electrons. The number of rotatable bonds is 0. The summed E-state index contributed by atoms with van der Waals surface area (Å²) in [6, 6.07) is 0. The van der Waals surface area contributed by atoms with Crippen molar-refractivity contribution in [3.8, 4) is 0 Å². The van der Waals surface area contributed by atoms with Crippen LogP contribution in [0.1, 0.15) is 0 Å². The molecule has 0 fully saturated rings. The van der Waals surface area contributed by atoms with E-state index in [0.29, 0.717) is 0 Å². The molecule has 0 aromatic heterocycles. The molecule has 0 aliphatic rings. The van der Waals surface area contributed by atoms with Gasteiger partial charge in [-0.25, -0.2) is 0 Å². The Morgan fingerprint density at radius 2 is 0.917 bits per heavy atom. The van der Waals surface area contributed by atoms with E-state index in [0.717, 1.165) is 0 Å². The van der Waals surface area contributed by atoms with Crippen molar-refractivity contribution >= 4 is 9.05 Å². The third-order valence-corrected chi connectivity index (χ3v) is 0. The van der Waals surface area contributed by atoms with Crippen LogP contribution in [-0.2, 0) is 21.2 Å². The molecule has 12 heavy (non-hydrogen) atoms. The molecule has 0 bridgehead atoms. The third kappa shape index (κ3) is 336. The summed E-state index contributed by atoms with van der Waals surface area (Å²) in [5, 5.41) is 0. The molecule has 0 saturated carbocycles. The quantitative estimate of drug-likeness (QED) is 0.311. The average molecular weight is 258 g/mol. The van der Waals surface area contributed by atoms with Crippen molar-refractivity contribution in [2.75, 3.05) is 0 Å². The van der Waals surface area contributed by atoms with Gasteiger partial charge >= 0.3 is 97.7 Å². The van der Waals surface area contributed by atoms with Crippen molar-refractivity contribution in [3.63, 3.8) is 0 Å². The van der Waals surface area contributed by atoms with E-state index >= 15 is 0 Å². The van der Waals surface area contributed by atoms with Gasteiger partial charge in [-0.15, -0.1) is 0 Å². The van der Waals surface area contributed by atoms with Gasteiger partial charge in [-0.1, -0.05) is 0 Å². The zero-order valence-electron chi connectivity index (χ0n) is 6.33. The molecule has 0 spiro atoms. The van der Waals surface area contributed by atoms with Crippen LogP contribution in [0.25, 0.3) is 0 Å². The van der Waals surface area contributed by atoms with Crippen LogP contribution in [-0.4, -0.2) is 28.2 Å². The molecule has 0 aliphatic heterocycles. The molecule has 4 N–H and O–H groups in total. The first kappa shape index (κ1) is 23.7. The van der Waals surface area contributed by atoms with Crippen LogP contribution in [0.2, 0.25) is 0 Å². The van der Waals surface area contributed by atoms with Gasteiger partial charge in [0.2, 0.25) is 0 Å². The Bertz CT molecular complexity index is 152. The number of hydrogen-bond acceptors (Lipinski definition) is 8. The van der Waals surface area contributed by atoms with E-state index < -0.39 is 22.7 Å². The second kappa shape index (κ2) is 9.66. The predicted molar refractivity (Wildman–Crippen MR) is 16.0 cm³/mol. The van der Waals surface area contributed by atoms with E-state index in [1.54, 1.807) is 0 Å². The molecule has 0 aromatic carbocycles. The molecule has 0 amide bonds. The van der Waals surface area contributed by atoms with Gasteiger partial charge in [-0.3, -0.25) is 0 Å². The third-order valence-electron chi connectivity index (χ3n) is 0. The molecule has 0 saturated heterocycles. The van der Waals surface area contributed by atoms with Crippen LogP contribution in [0.5, 0.6) is 0 Å². The van der Waals surface area contributed by atoms with Crippen LogP contribution in [0.15, 0.2) is 0 Å². The van der Waals surface area contributed by atoms with Gasteiger partial charge in [0.25, 0.3) is 0 Å². The second-order valence-corrected chi connectivity index (χ2v) is 3.48. The van der Waals surface area contributed by atoms with Gasteiger partial charge in [0.1, 0.15) is 0 Å². The normalized spacial score (nSPS) is 9.83. The van der Waals surface area contributed by atoms with Crippen molar-refractivity contribution < 1.29 is 108 Å². The zero-order valence-corrected chi connectivity index (χ0v) is 12.6. The van der Waals surface area contributed by atoms with Gasteiger partial charge in [0.15, 0.2) is 0 Å². The van der Waals surface area contributed by atoms with Crippen molar-refractivity contribution in [3.05, 3.63) is 0 Å². The molecule has 0 aromatic rings. The molecule has 0 aliphatic carbocycles. The molecule has 0 atom stereocenters. The molecule has 8 nitrogen and oxygen atoms in total.